The molecule has 17 heavy (non-hydrogen) atoms. The fraction of sp³-hybridized carbons (Fsp3) is 0.333. The Balaban J connectivity index is 2.40. The third kappa shape index (κ3) is 1.93. The summed E-state index contributed by atoms with van der Waals surface area (Å²) in [5, 5.41) is 1.15. The number of hydrogen-bond donors (Lipinski definition) is 1. The van der Waals surface area contributed by atoms with Crippen LogP contribution in [-0.4, -0.2) is 31.1 Å². The largest absolute Gasteiger partial charge is 0.272 e. The van der Waals surface area contributed by atoms with Gasteiger partial charge >= 0.3 is 0 Å². The molecule has 0 spiro atoms. The van der Waals surface area contributed by atoms with Crippen molar-refractivity contribution < 1.29 is 9.59 Å². The summed E-state index contributed by atoms with van der Waals surface area (Å²) < 4.78 is 0. The van der Waals surface area contributed by atoms with Crippen molar-refractivity contribution in [3.8, 4) is 0 Å². The summed E-state index contributed by atoms with van der Waals surface area (Å²) in [6, 6.07) is 7.49. The Kier molecular flexibility index (Phi) is 3.18. The number of benzene rings is 1. The Morgan fingerprint density at radius 3 is 2.65 bits per heavy atom. The standard InChI is InChI=1S/C12H13BN2O2/c1-2-8-5-3-4-6-9(8)10-11(16)14-15(7-13)12(10)17/h3-6,10H,2,7H2,1H3,(H,14,16). The number of rotatable bonds is 3. The number of carbonyl (C=O) groups excluding carboxylic acids is 2. The number of hydrazine groups is 1. The first-order valence-electron chi connectivity index (χ1n) is 5.58. The monoisotopic (exact) mass is 228 g/mol. The first-order chi connectivity index (χ1) is 8.19. The summed E-state index contributed by atoms with van der Waals surface area (Å²) >= 11 is 0. The third-order valence-electron chi connectivity index (χ3n) is 2.95. The fourth-order valence-corrected chi connectivity index (χ4v) is 2.07. The van der Waals surface area contributed by atoms with Crippen molar-refractivity contribution in [2.75, 3.05) is 6.44 Å². The van der Waals surface area contributed by atoms with Crippen molar-refractivity contribution in [1.29, 1.82) is 0 Å². The van der Waals surface area contributed by atoms with Gasteiger partial charge in [0, 0.05) is 6.44 Å². The molecule has 1 aromatic carbocycles. The van der Waals surface area contributed by atoms with Crippen LogP contribution in [0.25, 0.3) is 0 Å². The summed E-state index contributed by atoms with van der Waals surface area (Å²) in [7, 11) is 5.39. The van der Waals surface area contributed by atoms with Crippen molar-refractivity contribution in [2.24, 2.45) is 0 Å². The molecular formula is C12H13BN2O2. The second-order valence-corrected chi connectivity index (χ2v) is 3.91. The number of amides is 2. The second-order valence-electron chi connectivity index (χ2n) is 3.91. The molecule has 1 aromatic rings. The summed E-state index contributed by atoms with van der Waals surface area (Å²) in [5.41, 5.74) is 4.26. The molecule has 86 valence electrons. The van der Waals surface area contributed by atoms with Crippen LogP contribution in [0, 0.1) is 0 Å². The van der Waals surface area contributed by atoms with Crippen LogP contribution in [0.5, 0.6) is 0 Å². The van der Waals surface area contributed by atoms with E-state index in [4.69, 9.17) is 7.85 Å². The lowest BCUT2D eigenvalue weighted by atomic mass is 9.92. The fourth-order valence-electron chi connectivity index (χ4n) is 2.07. The maximum Gasteiger partial charge on any atom is 0.257 e. The van der Waals surface area contributed by atoms with Gasteiger partial charge in [0.05, 0.1) is 7.85 Å². The van der Waals surface area contributed by atoms with Gasteiger partial charge in [-0.25, -0.2) is 0 Å². The lowest BCUT2D eigenvalue weighted by molar-refractivity contribution is -0.129. The highest BCUT2D eigenvalue weighted by atomic mass is 16.2. The molecule has 1 heterocycles. The SMILES string of the molecule is [B]CN1NC(=O)C(c2ccccc2CC)C1=O. The topological polar surface area (TPSA) is 49.4 Å². The molecule has 1 N–H and O–H groups in total. The Hall–Kier alpha value is -1.78. The molecule has 0 saturated carbocycles. The minimum Gasteiger partial charge on any atom is -0.272 e. The van der Waals surface area contributed by atoms with Crippen LogP contribution in [0.1, 0.15) is 24.0 Å². The number of carbonyl (C=O) groups is 2. The van der Waals surface area contributed by atoms with E-state index in [1.165, 1.54) is 0 Å². The average molecular weight is 228 g/mol. The molecule has 0 aromatic heterocycles. The molecule has 0 aliphatic carbocycles. The maximum atomic E-state index is 12.0. The molecule has 1 saturated heterocycles. The Bertz CT molecular complexity index is 462. The van der Waals surface area contributed by atoms with Crippen molar-refractivity contribution in [3.63, 3.8) is 0 Å². The minimum absolute atomic E-state index is 0.00460. The van der Waals surface area contributed by atoms with Crippen LogP contribution in [0.3, 0.4) is 0 Å². The zero-order valence-corrected chi connectivity index (χ0v) is 9.64. The zero-order chi connectivity index (χ0) is 12.4. The van der Waals surface area contributed by atoms with Gasteiger partial charge in [0.15, 0.2) is 0 Å². The van der Waals surface area contributed by atoms with E-state index in [1.807, 2.05) is 31.2 Å². The van der Waals surface area contributed by atoms with E-state index in [9.17, 15) is 9.59 Å². The molecule has 4 nitrogen and oxygen atoms in total. The van der Waals surface area contributed by atoms with E-state index in [2.05, 4.69) is 5.43 Å². The molecule has 2 rings (SSSR count). The highest BCUT2D eigenvalue weighted by Gasteiger charge is 2.40. The van der Waals surface area contributed by atoms with Gasteiger partial charge in [-0.15, -0.1) is 0 Å². The summed E-state index contributed by atoms with van der Waals surface area (Å²) in [4.78, 5) is 23.8. The average Bonchev–Trinajstić information content (AvgIpc) is 2.64. The molecule has 1 unspecified atom stereocenters. The van der Waals surface area contributed by atoms with Crippen molar-refractivity contribution in [2.45, 2.75) is 19.3 Å². The van der Waals surface area contributed by atoms with Crippen LogP contribution < -0.4 is 5.43 Å². The second kappa shape index (κ2) is 4.61. The van der Waals surface area contributed by atoms with Crippen molar-refractivity contribution in [3.05, 3.63) is 35.4 Å². The van der Waals surface area contributed by atoms with Crippen LogP contribution >= 0.6 is 0 Å². The normalized spacial score (nSPS) is 19.6. The highest BCUT2D eigenvalue weighted by Crippen LogP contribution is 2.26. The van der Waals surface area contributed by atoms with Crippen LogP contribution in [0.15, 0.2) is 24.3 Å². The van der Waals surface area contributed by atoms with Gasteiger partial charge in [0.1, 0.15) is 5.92 Å². The summed E-state index contributed by atoms with van der Waals surface area (Å²) in [6.07, 6.45) is 0.783. The molecule has 1 fully saturated rings. The summed E-state index contributed by atoms with van der Waals surface area (Å²) in [6.45, 7) is 2.00. The van der Waals surface area contributed by atoms with E-state index < -0.39 is 5.92 Å². The van der Waals surface area contributed by atoms with Gasteiger partial charge in [0.2, 0.25) is 0 Å². The molecule has 1 atom stereocenters. The first kappa shape index (κ1) is 11.7. The van der Waals surface area contributed by atoms with E-state index in [0.29, 0.717) is 0 Å². The van der Waals surface area contributed by atoms with Gasteiger partial charge in [-0.2, -0.15) is 0 Å². The van der Waals surface area contributed by atoms with Gasteiger partial charge in [0.25, 0.3) is 11.8 Å². The quantitative estimate of drug-likeness (QED) is 0.598. The molecular weight excluding hydrogens is 215 g/mol. The van der Waals surface area contributed by atoms with Crippen molar-refractivity contribution >= 4 is 19.7 Å². The van der Waals surface area contributed by atoms with Crippen molar-refractivity contribution in [1.82, 2.24) is 10.4 Å². The lowest BCUT2D eigenvalue weighted by Crippen LogP contribution is -2.36. The number of hydrogen-bond acceptors (Lipinski definition) is 2. The van der Waals surface area contributed by atoms with E-state index in [1.54, 1.807) is 0 Å². The molecule has 2 radical (unpaired) electrons. The molecule has 2 amide bonds. The molecule has 0 bridgehead atoms. The molecule has 5 heteroatoms. The number of nitrogens with one attached hydrogen (secondary N) is 1. The van der Waals surface area contributed by atoms with Gasteiger partial charge in [-0.05, 0) is 17.5 Å². The Labute approximate surface area is 101 Å². The van der Waals surface area contributed by atoms with E-state index in [-0.39, 0.29) is 18.3 Å². The Morgan fingerprint density at radius 2 is 2.06 bits per heavy atom. The summed E-state index contributed by atoms with van der Waals surface area (Å²) in [5.74, 6) is -1.34. The third-order valence-corrected chi connectivity index (χ3v) is 2.95. The van der Waals surface area contributed by atoms with E-state index >= 15 is 0 Å². The van der Waals surface area contributed by atoms with Crippen LogP contribution in [-0.2, 0) is 16.0 Å². The van der Waals surface area contributed by atoms with Gasteiger partial charge < -0.3 is 0 Å². The molecule has 1 aliphatic rings. The highest BCUT2D eigenvalue weighted by molar-refractivity contribution is 6.15. The maximum absolute atomic E-state index is 12.0. The van der Waals surface area contributed by atoms with Crippen LogP contribution in [0.4, 0.5) is 0 Å². The number of nitrogens with zero attached hydrogens (tertiary/aromatic N) is 1. The predicted molar refractivity (Wildman–Crippen MR) is 64.2 cm³/mol. The smallest absolute Gasteiger partial charge is 0.257 e. The van der Waals surface area contributed by atoms with Gasteiger partial charge in [-0.3, -0.25) is 20.0 Å². The zero-order valence-electron chi connectivity index (χ0n) is 9.64. The predicted octanol–water partition coefficient (Wildman–Crippen LogP) is 0.332. The Morgan fingerprint density at radius 1 is 1.35 bits per heavy atom. The molecule has 1 aliphatic heterocycles. The first-order valence-corrected chi connectivity index (χ1v) is 5.58. The van der Waals surface area contributed by atoms with Gasteiger partial charge in [-0.1, -0.05) is 31.2 Å². The lowest BCUT2D eigenvalue weighted by Gasteiger charge is -2.13. The van der Waals surface area contributed by atoms with E-state index in [0.717, 1.165) is 22.6 Å². The number of aryl methyl sites for hydroxylation is 1. The van der Waals surface area contributed by atoms with Crippen LogP contribution in [0.2, 0.25) is 0 Å². The minimum atomic E-state index is -0.755.